The van der Waals surface area contributed by atoms with Crippen molar-refractivity contribution in [3.05, 3.63) is 54.1 Å². The summed E-state index contributed by atoms with van der Waals surface area (Å²) in [6.45, 7) is 0. The van der Waals surface area contributed by atoms with E-state index in [0.29, 0.717) is 11.1 Å². The van der Waals surface area contributed by atoms with Crippen LogP contribution in [0.15, 0.2) is 58.8 Å². The Morgan fingerprint density at radius 3 is 2.37 bits per heavy atom. The van der Waals surface area contributed by atoms with Crippen LogP contribution in [0.1, 0.15) is 10.4 Å². The number of azo groups is 1. The number of sulfonamides is 1. The molecule has 0 fully saturated rings. The molecule has 0 aliphatic carbocycles. The van der Waals surface area contributed by atoms with Gasteiger partial charge in [-0.25, -0.2) is 8.42 Å². The summed E-state index contributed by atoms with van der Waals surface area (Å²) in [6, 6.07) is 13.2. The Hall–Kier alpha value is -3.20. The third-order valence-electron chi connectivity index (χ3n) is 4.27. The van der Waals surface area contributed by atoms with Crippen molar-refractivity contribution < 1.29 is 18.3 Å². The summed E-state index contributed by atoms with van der Waals surface area (Å²) in [4.78, 5) is 12.3. The highest BCUT2D eigenvalue weighted by atomic mass is 32.2. The highest BCUT2D eigenvalue weighted by Gasteiger charge is 2.15. The number of aryl methyl sites for hydroxylation is 1. The fourth-order valence-electron chi connectivity index (χ4n) is 2.62. The number of anilines is 1. The van der Waals surface area contributed by atoms with Crippen molar-refractivity contribution in [3.8, 4) is 5.88 Å². The third kappa shape index (κ3) is 3.54. The molecule has 0 aliphatic heterocycles. The van der Waals surface area contributed by atoms with E-state index in [2.05, 4.69) is 10.2 Å². The number of para-hydroxylation sites is 1. The molecule has 0 atom stereocenters. The summed E-state index contributed by atoms with van der Waals surface area (Å²) >= 11 is 0. The van der Waals surface area contributed by atoms with E-state index in [1.54, 1.807) is 23.7 Å². The van der Waals surface area contributed by atoms with Gasteiger partial charge in [0.15, 0.2) is 5.69 Å². The second-order valence-electron chi connectivity index (χ2n) is 6.03. The number of carbonyl (C=O) groups is 1. The molecule has 1 aromatic heterocycles. The van der Waals surface area contributed by atoms with Crippen LogP contribution in [0.25, 0.3) is 10.9 Å². The first-order valence-corrected chi connectivity index (χ1v) is 9.81. The van der Waals surface area contributed by atoms with E-state index in [0.717, 1.165) is 16.1 Å². The molecule has 8 nitrogen and oxygen atoms in total. The van der Waals surface area contributed by atoms with Crippen molar-refractivity contribution in [1.29, 1.82) is 0 Å². The monoisotopic (exact) mass is 386 g/mol. The van der Waals surface area contributed by atoms with E-state index in [1.165, 1.54) is 31.3 Å². The summed E-state index contributed by atoms with van der Waals surface area (Å²) in [5, 5.41) is 18.5. The Labute approximate surface area is 156 Å². The van der Waals surface area contributed by atoms with Crippen molar-refractivity contribution in [2.24, 2.45) is 17.3 Å². The summed E-state index contributed by atoms with van der Waals surface area (Å²) < 4.78 is 25.8. The number of benzene rings is 2. The lowest BCUT2D eigenvalue weighted by atomic mass is 10.2. The molecule has 0 saturated heterocycles. The zero-order chi connectivity index (χ0) is 19.8. The van der Waals surface area contributed by atoms with Crippen LogP contribution in [0.4, 0.5) is 11.4 Å². The first kappa shape index (κ1) is 18.6. The highest BCUT2D eigenvalue weighted by molar-refractivity contribution is 7.92. The smallest absolute Gasteiger partial charge is 0.295 e. The lowest BCUT2D eigenvalue weighted by Gasteiger charge is -2.16. The van der Waals surface area contributed by atoms with Crippen LogP contribution in [-0.4, -0.2) is 37.3 Å². The number of aromatic hydroxyl groups is 1. The lowest BCUT2D eigenvalue weighted by Crippen LogP contribution is -2.24. The molecule has 0 unspecified atom stereocenters. The van der Waals surface area contributed by atoms with Crippen LogP contribution >= 0.6 is 0 Å². The van der Waals surface area contributed by atoms with E-state index in [9.17, 15) is 18.3 Å². The molecule has 0 saturated carbocycles. The molecule has 0 radical (unpaired) electrons. The number of amides is 1. The number of aromatic nitrogens is 1. The Bertz CT molecular complexity index is 1150. The number of carbonyl (C=O) groups excluding carboxylic acids is 1. The van der Waals surface area contributed by atoms with E-state index >= 15 is 0 Å². The van der Waals surface area contributed by atoms with Gasteiger partial charge in [0.05, 0.1) is 17.5 Å². The highest BCUT2D eigenvalue weighted by Crippen LogP contribution is 2.37. The van der Waals surface area contributed by atoms with Crippen LogP contribution in [0.3, 0.4) is 0 Å². The van der Waals surface area contributed by atoms with Crippen LogP contribution in [0.2, 0.25) is 0 Å². The molecule has 1 N–H and O–H groups in total. The first-order chi connectivity index (χ1) is 12.7. The standard InChI is InChI=1S/C18H18N4O4S/c1-21-15-7-5-4-6-14(15)16(18(21)24)19-20-17(23)12-8-10-13(11-9-12)22(2)27(3,25)26/h4-11,24H,1-3H3. The Morgan fingerprint density at radius 1 is 1.11 bits per heavy atom. The Balaban J connectivity index is 1.87. The molecular weight excluding hydrogens is 368 g/mol. The number of nitrogens with zero attached hydrogens (tertiary/aromatic N) is 4. The minimum absolute atomic E-state index is 0.0853. The molecule has 1 heterocycles. The van der Waals surface area contributed by atoms with Gasteiger partial charge < -0.3 is 9.67 Å². The number of hydrogen-bond donors (Lipinski definition) is 1. The summed E-state index contributed by atoms with van der Waals surface area (Å²) in [5.41, 5.74) is 1.67. The number of hydrogen-bond acceptors (Lipinski definition) is 5. The maximum atomic E-state index is 12.3. The summed E-state index contributed by atoms with van der Waals surface area (Å²) in [7, 11) is -0.266. The molecule has 0 aliphatic rings. The van der Waals surface area contributed by atoms with Crippen LogP contribution in [0, 0.1) is 0 Å². The van der Waals surface area contributed by atoms with Crippen molar-refractivity contribution in [2.45, 2.75) is 0 Å². The van der Waals surface area contributed by atoms with Crippen LogP contribution < -0.4 is 4.31 Å². The zero-order valence-electron chi connectivity index (χ0n) is 15.0. The molecule has 3 aromatic rings. The van der Waals surface area contributed by atoms with E-state index < -0.39 is 15.9 Å². The lowest BCUT2D eigenvalue weighted by molar-refractivity contribution is 0.0995. The maximum absolute atomic E-state index is 12.3. The normalized spacial score (nSPS) is 12.0. The van der Waals surface area contributed by atoms with Crippen molar-refractivity contribution in [2.75, 3.05) is 17.6 Å². The van der Waals surface area contributed by atoms with Gasteiger partial charge in [-0.3, -0.25) is 9.10 Å². The maximum Gasteiger partial charge on any atom is 0.295 e. The fraction of sp³-hybridized carbons (Fsp3) is 0.167. The van der Waals surface area contributed by atoms with Crippen molar-refractivity contribution in [1.82, 2.24) is 4.57 Å². The molecule has 0 bridgehead atoms. The van der Waals surface area contributed by atoms with Crippen LogP contribution in [-0.2, 0) is 17.1 Å². The van der Waals surface area contributed by atoms with Gasteiger partial charge in [0.1, 0.15) is 0 Å². The number of rotatable bonds is 4. The Morgan fingerprint density at radius 2 is 1.74 bits per heavy atom. The molecule has 3 rings (SSSR count). The summed E-state index contributed by atoms with van der Waals surface area (Å²) in [6.07, 6.45) is 1.09. The zero-order valence-corrected chi connectivity index (χ0v) is 15.8. The van der Waals surface area contributed by atoms with E-state index in [1.807, 2.05) is 12.1 Å². The van der Waals surface area contributed by atoms with Gasteiger partial charge in [-0.15, -0.1) is 10.2 Å². The predicted molar refractivity (Wildman–Crippen MR) is 103 cm³/mol. The topological polar surface area (TPSA) is 104 Å². The minimum Gasteiger partial charge on any atom is -0.493 e. The van der Waals surface area contributed by atoms with Gasteiger partial charge in [-0.2, -0.15) is 0 Å². The molecule has 9 heteroatoms. The third-order valence-corrected chi connectivity index (χ3v) is 5.47. The van der Waals surface area contributed by atoms with Gasteiger partial charge in [0, 0.05) is 25.0 Å². The molecule has 2 aromatic carbocycles. The van der Waals surface area contributed by atoms with Gasteiger partial charge in [-0.1, -0.05) is 18.2 Å². The van der Waals surface area contributed by atoms with E-state index in [4.69, 9.17) is 0 Å². The van der Waals surface area contributed by atoms with Gasteiger partial charge in [0.25, 0.3) is 5.91 Å². The average molecular weight is 386 g/mol. The van der Waals surface area contributed by atoms with Crippen molar-refractivity contribution in [3.63, 3.8) is 0 Å². The quantitative estimate of drug-likeness (QED) is 0.695. The second kappa shape index (κ2) is 6.84. The average Bonchev–Trinajstić information content (AvgIpc) is 2.89. The van der Waals surface area contributed by atoms with Crippen LogP contribution in [0.5, 0.6) is 5.88 Å². The number of fused-ring (bicyclic) bond motifs is 1. The fourth-order valence-corrected chi connectivity index (χ4v) is 3.12. The second-order valence-corrected chi connectivity index (χ2v) is 8.04. The Kier molecular flexibility index (Phi) is 4.71. The largest absolute Gasteiger partial charge is 0.493 e. The van der Waals surface area contributed by atoms with Gasteiger partial charge >= 0.3 is 0 Å². The molecule has 140 valence electrons. The van der Waals surface area contributed by atoms with Gasteiger partial charge in [0.2, 0.25) is 15.9 Å². The molecular formula is C18H18N4O4S. The molecule has 0 spiro atoms. The van der Waals surface area contributed by atoms with Crippen molar-refractivity contribution >= 4 is 38.2 Å². The summed E-state index contributed by atoms with van der Waals surface area (Å²) in [5.74, 6) is -0.686. The molecule has 27 heavy (non-hydrogen) atoms. The van der Waals surface area contributed by atoms with Gasteiger partial charge in [-0.05, 0) is 30.3 Å². The predicted octanol–water partition coefficient (Wildman–Crippen LogP) is 3.20. The first-order valence-electron chi connectivity index (χ1n) is 7.96. The van der Waals surface area contributed by atoms with E-state index in [-0.39, 0.29) is 17.1 Å². The SMILES string of the molecule is CN(c1ccc(C(=O)N=Nc2c(O)n(C)c3ccccc23)cc1)S(C)(=O)=O. The minimum atomic E-state index is -3.38. The molecule has 1 amide bonds.